The average molecular weight is 347 g/mol. The van der Waals surface area contributed by atoms with Crippen LogP contribution in [0.4, 0.5) is 0 Å². The molecule has 0 spiro atoms. The fourth-order valence-corrected chi connectivity index (χ4v) is 2.86. The number of nitrogens with zero attached hydrogens (tertiary/aromatic N) is 2. The molecule has 4 nitrogen and oxygen atoms in total. The summed E-state index contributed by atoms with van der Waals surface area (Å²) in [5, 5.41) is 0. The zero-order chi connectivity index (χ0) is 12.1. The Kier molecular flexibility index (Phi) is 4.97. The average Bonchev–Trinajstić information content (AvgIpc) is 2.38. The Morgan fingerprint density at radius 2 is 2.12 bits per heavy atom. The smallest absolute Gasteiger partial charge is 0.230 e. The molecule has 2 rings (SSSR count). The van der Waals surface area contributed by atoms with Crippen LogP contribution in [0.5, 0.6) is 5.88 Å². The highest BCUT2D eigenvalue weighted by Crippen LogP contribution is 2.30. The van der Waals surface area contributed by atoms with Gasteiger partial charge in [-0.1, -0.05) is 12.8 Å². The van der Waals surface area contributed by atoms with Gasteiger partial charge in [-0.2, -0.15) is 0 Å². The second kappa shape index (κ2) is 6.49. The molecule has 2 atom stereocenters. The van der Waals surface area contributed by atoms with Crippen LogP contribution in [0.2, 0.25) is 0 Å². The van der Waals surface area contributed by atoms with Crippen molar-refractivity contribution in [1.82, 2.24) is 9.97 Å². The molecule has 1 saturated carbocycles. The summed E-state index contributed by atoms with van der Waals surface area (Å²) in [5.74, 6) is 1.89. The highest BCUT2D eigenvalue weighted by molar-refractivity contribution is 14.1. The van der Waals surface area contributed by atoms with E-state index < -0.39 is 0 Å². The molecule has 1 aliphatic rings. The van der Waals surface area contributed by atoms with Crippen LogP contribution in [0.25, 0.3) is 0 Å². The molecule has 0 amide bonds. The predicted octanol–water partition coefficient (Wildman–Crippen LogP) is 2.23. The van der Waals surface area contributed by atoms with Crippen LogP contribution in [-0.4, -0.2) is 23.1 Å². The van der Waals surface area contributed by atoms with Crippen molar-refractivity contribution in [3.05, 3.63) is 16.1 Å². The Bertz CT molecular complexity index is 361. The van der Waals surface area contributed by atoms with Gasteiger partial charge in [-0.3, -0.25) is 0 Å². The fourth-order valence-electron chi connectivity index (χ4n) is 2.41. The molecular weight excluding hydrogens is 329 g/mol. The van der Waals surface area contributed by atoms with Crippen LogP contribution in [0.15, 0.2) is 12.5 Å². The van der Waals surface area contributed by atoms with E-state index in [9.17, 15) is 0 Å². The van der Waals surface area contributed by atoms with Crippen molar-refractivity contribution in [3.63, 3.8) is 0 Å². The number of aromatic nitrogens is 2. The van der Waals surface area contributed by atoms with E-state index in [1.165, 1.54) is 32.0 Å². The van der Waals surface area contributed by atoms with Crippen molar-refractivity contribution < 1.29 is 4.74 Å². The van der Waals surface area contributed by atoms with Crippen LogP contribution in [-0.2, 0) is 0 Å². The molecule has 0 aromatic carbocycles. The van der Waals surface area contributed by atoms with E-state index in [1.807, 2.05) is 0 Å². The SMILES string of the molecule is NCC1CCCCC1COc1ncncc1I. The quantitative estimate of drug-likeness (QED) is 0.849. The minimum Gasteiger partial charge on any atom is -0.477 e. The molecule has 1 heterocycles. The van der Waals surface area contributed by atoms with Crippen molar-refractivity contribution in [1.29, 1.82) is 0 Å². The first-order valence-corrected chi connectivity index (χ1v) is 7.17. The summed E-state index contributed by atoms with van der Waals surface area (Å²) in [6.07, 6.45) is 8.37. The van der Waals surface area contributed by atoms with Gasteiger partial charge >= 0.3 is 0 Å². The molecule has 1 aromatic rings. The van der Waals surface area contributed by atoms with Crippen LogP contribution in [0.3, 0.4) is 0 Å². The number of rotatable bonds is 4. The monoisotopic (exact) mass is 347 g/mol. The van der Waals surface area contributed by atoms with Gasteiger partial charge in [0.25, 0.3) is 0 Å². The molecule has 1 aliphatic carbocycles. The highest BCUT2D eigenvalue weighted by atomic mass is 127. The molecule has 2 N–H and O–H groups in total. The van der Waals surface area contributed by atoms with Gasteiger partial charge in [0, 0.05) is 6.20 Å². The third-order valence-corrected chi connectivity index (χ3v) is 4.18. The summed E-state index contributed by atoms with van der Waals surface area (Å²) in [6.45, 7) is 1.50. The maximum atomic E-state index is 5.81. The lowest BCUT2D eigenvalue weighted by Gasteiger charge is -2.30. The van der Waals surface area contributed by atoms with Crippen molar-refractivity contribution in [2.45, 2.75) is 25.7 Å². The lowest BCUT2D eigenvalue weighted by molar-refractivity contribution is 0.148. The minimum atomic E-state index is 0.583. The zero-order valence-electron chi connectivity index (χ0n) is 9.81. The summed E-state index contributed by atoms with van der Waals surface area (Å²) in [6, 6.07) is 0. The minimum absolute atomic E-state index is 0.583. The van der Waals surface area contributed by atoms with Crippen LogP contribution >= 0.6 is 22.6 Å². The van der Waals surface area contributed by atoms with Gasteiger partial charge in [-0.05, 0) is 53.8 Å². The first kappa shape index (κ1) is 13.0. The maximum Gasteiger partial charge on any atom is 0.230 e. The Morgan fingerprint density at radius 3 is 2.82 bits per heavy atom. The summed E-state index contributed by atoms with van der Waals surface area (Å²) in [7, 11) is 0. The number of hydrogen-bond donors (Lipinski definition) is 1. The van der Waals surface area contributed by atoms with Crippen LogP contribution in [0, 0.1) is 15.4 Å². The second-order valence-corrected chi connectivity index (χ2v) is 5.69. The van der Waals surface area contributed by atoms with Gasteiger partial charge in [0.1, 0.15) is 6.33 Å². The fraction of sp³-hybridized carbons (Fsp3) is 0.667. The summed E-state index contributed by atoms with van der Waals surface area (Å²) >= 11 is 2.19. The maximum absolute atomic E-state index is 5.81. The van der Waals surface area contributed by atoms with E-state index in [1.54, 1.807) is 6.20 Å². The second-order valence-electron chi connectivity index (χ2n) is 4.53. The van der Waals surface area contributed by atoms with Gasteiger partial charge in [0.15, 0.2) is 0 Å². The van der Waals surface area contributed by atoms with E-state index in [-0.39, 0.29) is 0 Å². The molecule has 1 aromatic heterocycles. The Labute approximate surface area is 115 Å². The van der Waals surface area contributed by atoms with Gasteiger partial charge in [-0.15, -0.1) is 0 Å². The first-order chi connectivity index (χ1) is 8.31. The van der Waals surface area contributed by atoms with E-state index in [0.717, 1.165) is 16.7 Å². The topological polar surface area (TPSA) is 61.0 Å². The first-order valence-electron chi connectivity index (χ1n) is 6.09. The van der Waals surface area contributed by atoms with Crippen LogP contribution < -0.4 is 10.5 Å². The normalized spacial score (nSPS) is 24.6. The Balaban J connectivity index is 1.90. The van der Waals surface area contributed by atoms with E-state index >= 15 is 0 Å². The summed E-state index contributed by atoms with van der Waals surface area (Å²) in [5.41, 5.74) is 5.81. The molecule has 1 fully saturated rings. The summed E-state index contributed by atoms with van der Waals surface area (Å²) in [4.78, 5) is 8.09. The molecule has 0 radical (unpaired) electrons. The van der Waals surface area contributed by atoms with Gasteiger partial charge in [-0.25, -0.2) is 9.97 Å². The number of ether oxygens (including phenoxy) is 1. The van der Waals surface area contributed by atoms with E-state index in [0.29, 0.717) is 17.7 Å². The largest absolute Gasteiger partial charge is 0.477 e. The standard InChI is InChI=1S/C12H18IN3O/c13-11-6-15-8-16-12(11)17-7-10-4-2-1-3-9(10)5-14/h6,8-10H,1-5,7,14H2. The van der Waals surface area contributed by atoms with E-state index in [2.05, 4.69) is 32.6 Å². The third kappa shape index (κ3) is 3.51. The number of halogens is 1. The highest BCUT2D eigenvalue weighted by Gasteiger charge is 2.24. The molecule has 0 saturated heterocycles. The van der Waals surface area contributed by atoms with Crippen molar-refractivity contribution in [2.75, 3.05) is 13.2 Å². The molecule has 0 bridgehead atoms. The zero-order valence-corrected chi connectivity index (χ0v) is 12.0. The van der Waals surface area contributed by atoms with Crippen molar-refractivity contribution >= 4 is 22.6 Å². The van der Waals surface area contributed by atoms with Gasteiger partial charge in [0.05, 0.1) is 10.2 Å². The van der Waals surface area contributed by atoms with Crippen molar-refractivity contribution in [2.24, 2.45) is 17.6 Å². The molecule has 94 valence electrons. The number of nitrogens with two attached hydrogens (primary N) is 1. The summed E-state index contributed by atoms with van der Waals surface area (Å²) < 4.78 is 6.76. The third-order valence-electron chi connectivity index (χ3n) is 3.44. The lowest BCUT2D eigenvalue weighted by atomic mass is 9.80. The molecule has 17 heavy (non-hydrogen) atoms. The molecule has 2 unspecified atom stereocenters. The number of hydrogen-bond acceptors (Lipinski definition) is 4. The van der Waals surface area contributed by atoms with E-state index in [4.69, 9.17) is 10.5 Å². The Hall–Kier alpha value is -0.430. The molecule has 0 aliphatic heterocycles. The van der Waals surface area contributed by atoms with Gasteiger partial charge < -0.3 is 10.5 Å². The molecule has 5 heteroatoms. The van der Waals surface area contributed by atoms with Gasteiger partial charge in [0.2, 0.25) is 5.88 Å². The van der Waals surface area contributed by atoms with Crippen LogP contribution in [0.1, 0.15) is 25.7 Å². The Morgan fingerprint density at radius 1 is 1.35 bits per heavy atom. The molecular formula is C12H18IN3O. The lowest BCUT2D eigenvalue weighted by Crippen LogP contribution is -2.31. The van der Waals surface area contributed by atoms with Crippen molar-refractivity contribution in [3.8, 4) is 5.88 Å². The predicted molar refractivity (Wildman–Crippen MR) is 74.7 cm³/mol.